The first-order valence-corrected chi connectivity index (χ1v) is 16.1. The zero-order valence-electron chi connectivity index (χ0n) is 26.5. The van der Waals surface area contributed by atoms with E-state index < -0.39 is 12.1 Å². The number of hydrogen-bond donors (Lipinski definition) is 3. The lowest BCUT2D eigenvalue weighted by molar-refractivity contribution is -0.122. The van der Waals surface area contributed by atoms with E-state index >= 15 is 0 Å². The van der Waals surface area contributed by atoms with Crippen molar-refractivity contribution in [3.05, 3.63) is 109 Å². The molecule has 0 aliphatic carbocycles. The van der Waals surface area contributed by atoms with Crippen LogP contribution in [-0.4, -0.2) is 34.9 Å². The predicted molar refractivity (Wildman–Crippen MR) is 183 cm³/mol. The summed E-state index contributed by atoms with van der Waals surface area (Å²) in [6, 6.07) is -0.673. The van der Waals surface area contributed by atoms with Crippen LogP contribution in [0.3, 0.4) is 0 Å². The highest BCUT2D eigenvalue weighted by atomic mass is 16.3. The summed E-state index contributed by atoms with van der Waals surface area (Å²) in [5, 5.41) is 22.5. The number of nitrogens with one attached hydrogen (secondary N) is 1. The predicted octanol–water partition coefficient (Wildman–Crippen LogP) is 9.33. The standard InChI is InChI=1S/C38H59NO3/c1-3-5-7-9-11-12-13-14-15-16-17-18-19-20-21-22-23-24-25-26-28-30-32-34-38(42)39-36(35-40)37(41)33-31-29-27-10-8-6-4-2/h5,7-8,10-12,14-15,17-18,20-21,23-24,26,28,31,33,36-37,40-41H,3-4,6,9,13,16,19,22,25,27,29-30,32,34-35H2,1-2H3,(H,39,42)/b7-5-,10-8+,12-11-,15-14-,18-17-,21-20-,24-23-,28-26-,33-31+. The van der Waals surface area contributed by atoms with Crippen LogP contribution in [0.15, 0.2) is 109 Å². The van der Waals surface area contributed by atoms with E-state index in [1.807, 2.05) is 6.08 Å². The van der Waals surface area contributed by atoms with Crippen molar-refractivity contribution >= 4 is 5.91 Å². The van der Waals surface area contributed by atoms with E-state index in [0.29, 0.717) is 6.42 Å². The van der Waals surface area contributed by atoms with Gasteiger partial charge in [0.1, 0.15) is 0 Å². The molecule has 4 heteroatoms. The van der Waals surface area contributed by atoms with Crippen LogP contribution in [0.4, 0.5) is 0 Å². The van der Waals surface area contributed by atoms with Crippen LogP contribution in [-0.2, 0) is 4.79 Å². The average molecular weight is 578 g/mol. The minimum absolute atomic E-state index is 0.144. The van der Waals surface area contributed by atoms with E-state index in [0.717, 1.165) is 83.5 Å². The van der Waals surface area contributed by atoms with E-state index in [9.17, 15) is 15.0 Å². The summed E-state index contributed by atoms with van der Waals surface area (Å²) in [7, 11) is 0. The van der Waals surface area contributed by atoms with Crippen LogP contribution >= 0.6 is 0 Å². The Morgan fingerprint density at radius 1 is 0.595 bits per heavy atom. The van der Waals surface area contributed by atoms with Crippen molar-refractivity contribution in [2.75, 3.05) is 6.61 Å². The maximum Gasteiger partial charge on any atom is 0.220 e. The van der Waals surface area contributed by atoms with Gasteiger partial charge in [-0.15, -0.1) is 0 Å². The highest BCUT2D eigenvalue weighted by Crippen LogP contribution is 2.04. The maximum absolute atomic E-state index is 12.2. The molecule has 0 aromatic heterocycles. The quantitative estimate of drug-likeness (QED) is 0.0708. The Labute approximate surface area is 257 Å². The Kier molecular flexibility index (Phi) is 30.3. The van der Waals surface area contributed by atoms with Gasteiger partial charge >= 0.3 is 0 Å². The van der Waals surface area contributed by atoms with E-state index in [2.05, 4.69) is 116 Å². The van der Waals surface area contributed by atoms with E-state index in [4.69, 9.17) is 0 Å². The van der Waals surface area contributed by atoms with Gasteiger partial charge in [-0.3, -0.25) is 4.79 Å². The molecule has 42 heavy (non-hydrogen) atoms. The molecule has 1 amide bonds. The Bertz CT molecular complexity index is 886. The summed E-state index contributed by atoms with van der Waals surface area (Å²) in [5.74, 6) is -0.144. The highest BCUT2D eigenvalue weighted by Gasteiger charge is 2.17. The molecule has 0 aromatic carbocycles. The zero-order chi connectivity index (χ0) is 30.8. The van der Waals surface area contributed by atoms with Gasteiger partial charge in [-0.2, -0.15) is 0 Å². The molecule has 2 unspecified atom stereocenters. The number of aliphatic hydroxyl groups is 2. The van der Waals surface area contributed by atoms with Gasteiger partial charge in [0.25, 0.3) is 0 Å². The number of hydrogen-bond acceptors (Lipinski definition) is 3. The number of carbonyl (C=O) groups is 1. The first kappa shape index (κ1) is 39.0. The molecule has 0 fully saturated rings. The number of unbranched alkanes of at least 4 members (excludes halogenated alkanes) is 3. The van der Waals surface area contributed by atoms with Crippen LogP contribution in [0.25, 0.3) is 0 Å². The van der Waals surface area contributed by atoms with Crippen molar-refractivity contribution in [2.24, 2.45) is 0 Å². The second kappa shape index (κ2) is 32.6. The molecule has 3 N–H and O–H groups in total. The SMILES string of the molecule is CC/C=C\C/C=C\C/C=C\C/C=C\C/C=C\C/C=C\C/C=C\CCCC(=O)NC(CO)C(O)/C=C/CC/C=C/CCC. The molecule has 0 heterocycles. The molecular formula is C38H59NO3. The van der Waals surface area contributed by atoms with Gasteiger partial charge in [0, 0.05) is 6.42 Å². The van der Waals surface area contributed by atoms with Crippen molar-refractivity contribution in [1.29, 1.82) is 0 Å². The average Bonchev–Trinajstić information content (AvgIpc) is 2.99. The molecule has 0 bridgehead atoms. The maximum atomic E-state index is 12.2. The van der Waals surface area contributed by atoms with Crippen molar-refractivity contribution in [1.82, 2.24) is 5.32 Å². The minimum atomic E-state index is -0.889. The third-order valence-electron chi connectivity index (χ3n) is 6.22. The van der Waals surface area contributed by atoms with Crippen LogP contribution in [0.5, 0.6) is 0 Å². The molecule has 0 saturated heterocycles. The number of allylic oxidation sites excluding steroid dienone is 17. The van der Waals surface area contributed by atoms with E-state index in [-0.39, 0.29) is 12.5 Å². The fourth-order valence-corrected chi connectivity index (χ4v) is 3.77. The summed E-state index contributed by atoms with van der Waals surface area (Å²) < 4.78 is 0. The second-order valence-electron chi connectivity index (χ2n) is 10.1. The molecule has 0 aliphatic heterocycles. The normalized spacial score (nSPS) is 14.7. The van der Waals surface area contributed by atoms with Crippen LogP contribution in [0.1, 0.15) is 104 Å². The van der Waals surface area contributed by atoms with E-state index in [1.54, 1.807) is 6.08 Å². The number of aliphatic hydroxyl groups excluding tert-OH is 2. The van der Waals surface area contributed by atoms with Crippen molar-refractivity contribution in [3.8, 4) is 0 Å². The highest BCUT2D eigenvalue weighted by molar-refractivity contribution is 5.76. The van der Waals surface area contributed by atoms with Crippen LogP contribution in [0, 0.1) is 0 Å². The van der Waals surface area contributed by atoms with E-state index in [1.165, 1.54) is 0 Å². The van der Waals surface area contributed by atoms with Gasteiger partial charge in [-0.25, -0.2) is 0 Å². The van der Waals surface area contributed by atoms with Crippen molar-refractivity contribution in [2.45, 2.75) is 116 Å². The van der Waals surface area contributed by atoms with Gasteiger partial charge in [0.05, 0.1) is 18.8 Å². The molecule has 0 aliphatic rings. The topological polar surface area (TPSA) is 69.6 Å². The molecule has 0 aromatic rings. The largest absolute Gasteiger partial charge is 0.394 e. The lowest BCUT2D eigenvalue weighted by Gasteiger charge is -2.19. The summed E-state index contributed by atoms with van der Waals surface area (Å²) in [4.78, 5) is 12.2. The Morgan fingerprint density at radius 3 is 1.50 bits per heavy atom. The third kappa shape index (κ3) is 28.6. The molecule has 234 valence electrons. The molecule has 0 spiro atoms. The monoisotopic (exact) mass is 577 g/mol. The molecule has 0 saturated carbocycles. The smallest absolute Gasteiger partial charge is 0.220 e. The fraction of sp³-hybridized carbons (Fsp3) is 0.500. The van der Waals surface area contributed by atoms with Gasteiger partial charge in [-0.1, -0.05) is 130 Å². The van der Waals surface area contributed by atoms with Gasteiger partial charge in [0.2, 0.25) is 5.91 Å². The lowest BCUT2D eigenvalue weighted by Crippen LogP contribution is -2.45. The molecular weight excluding hydrogens is 518 g/mol. The van der Waals surface area contributed by atoms with Gasteiger partial charge < -0.3 is 15.5 Å². The number of rotatable bonds is 26. The Balaban J connectivity index is 3.85. The Morgan fingerprint density at radius 2 is 1.02 bits per heavy atom. The molecule has 4 nitrogen and oxygen atoms in total. The second-order valence-corrected chi connectivity index (χ2v) is 10.1. The summed E-state index contributed by atoms with van der Waals surface area (Å²) in [6.45, 7) is 4.01. The fourth-order valence-electron chi connectivity index (χ4n) is 3.77. The minimum Gasteiger partial charge on any atom is -0.394 e. The Hall–Kier alpha value is -2.95. The summed E-state index contributed by atoms with van der Waals surface area (Å²) in [6.07, 6.45) is 50.4. The van der Waals surface area contributed by atoms with Gasteiger partial charge in [-0.05, 0) is 77.0 Å². The van der Waals surface area contributed by atoms with Crippen molar-refractivity contribution in [3.63, 3.8) is 0 Å². The third-order valence-corrected chi connectivity index (χ3v) is 6.22. The molecule has 2 atom stereocenters. The summed E-state index contributed by atoms with van der Waals surface area (Å²) in [5.41, 5.74) is 0. The first-order chi connectivity index (χ1) is 20.7. The molecule has 0 radical (unpaired) electrons. The first-order valence-electron chi connectivity index (χ1n) is 16.1. The lowest BCUT2D eigenvalue weighted by atomic mass is 10.1. The zero-order valence-corrected chi connectivity index (χ0v) is 26.5. The van der Waals surface area contributed by atoms with Gasteiger partial charge in [0.15, 0.2) is 0 Å². The number of carbonyl (C=O) groups excluding carboxylic acids is 1. The van der Waals surface area contributed by atoms with Crippen LogP contribution in [0.2, 0.25) is 0 Å². The summed E-state index contributed by atoms with van der Waals surface area (Å²) >= 11 is 0. The van der Waals surface area contributed by atoms with Crippen LogP contribution < -0.4 is 5.32 Å². The molecule has 0 rings (SSSR count). The van der Waals surface area contributed by atoms with Crippen molar-refractivity contribution < 1.29 is 15.0 Å². The number of amides is 1.